The molecular formula is C18H21N5O2. The summed E-state index contributed by atoms with van der Waals surface area (Å²) in [7, 11) is 0. The van der Waals surface area contributed by atoms with Gasteiger partial charge in [0.1, 0.15) is 5.69 Å². The molecule has 0 aliphatic carbocycles. The first-order chi connectivity index (χ1) is 12.1. The van der Waals surface area contributed by atoms with E-state index < -0.39 is 0 Å². The van der Waals surface area contributed by atoms with Gasteiger partial charge in [0, 0.05) is 32.2 Å². The lowest BCUT2D eigenvalue weighted by Crippen LogP contribution is -2.46. The smallest absolute Gasteiger partial charge is 0.254 e. The van der Waals surface area contributed by atoms with Crippen molar-refractivity contribution in [3.05, 3.63) is 36.2 Å². The van der Waals surface area contributed by atoms with Gasteiger partial charge in [0.2, 0.25) is 0 Å². The van der Waals surface area contributed by atoms with Crippen molar-refractivity contribution in [2.75, 3.05) is 26.2 Å². The number of nitrogens with one attached hydrogen (secondary N) is 1. The number of fused-ring (bicyclic) bond motifs is 1. The van der Waals surface area contributed by atoms with Crippen molar-refractivity contribution < 1.29 is 9.21 Å². The topological polar surface area (TPSA) is 76.2 Å². The monoisotopic (exact) mass is 339 g/mol. The minimum atomic E-state index is 0.0185. The Kier molecular flexibility index (Phi) is 4.01. The number of hydrogen-bond donors (Lipinski definition) is 1. The van der Waals surface area contributed by atoms with Crippen LogP contribution in [-0.4, -0.2) is 51.8 Å². The summed E-state index contributed by atoms with van der Waals surface area (Å²) in [5.74, 6) is 0.665. The zero-order valence-electron chi connectivity index (χ0n) is 14.4. The maximum atomic E-state index is 13.1. The fourth-order valence-electron chi connectivity index (χ4n) is 3.16. The van der Waals surface area contributed by atoms with Gasteiger partial charge in [0.05, 0.1) is 23.4 Å². The molecule has 0 saturated carbocycles. The summed E-state index contributed by atoms with van der Waals surface area (Å²) in [5.41, 5.74) is 1.99. The number of piperazine rings is 1. The van der Waals surface area contributed by atoms with Crippen molar-refractivity contribution in [1.82, 2.24) is 25.0 Å². The van der Waals surface area contributed by atoms with Crippen molar-refractivity contribution in [3.63, 3.8) is 0 Å². The van der Waals surface area contributed by atoms with E-state index in [2.05, 4.69) is 10.4 Å². The minimum Gasteiger partial charge on any atom is -0.463 e. The molecule has 0 aromatic carbocycles. The highest BCUT2D eigenvalue weighted by Gasteiger charge is 2.24. The molecule has 0 spiro atoms. The number of nitrogens with zero attached hydrogens (tertiary/aromatic N) is 4. The largest absolute Gasteiger partial charge is 0.463 e. The Morgan fingerprint density at radius 1 is 1.32 bits per heavy atom. The van der Waals surface area contributed by atoms with Crippen molar-refractivity contribution in [3.8, 4) is 11.5 Å². The Morgan fingerprint density at radius 3 is 2.80 bits per heavy atom. The summed E-state index contributed by atoms with van der Waals surface area (Å²) in [4.78, 5) is 19.7. The third-order valence-electron chi connectivity index (χ3n) is 4.46. The number of aromatic nitrogens is 3. The molecule has 0 unspecified atom stereocenters. The van der Waals surface area contributed by atoms with E-state index in [1.165, 1.54) is 0 Å². The van der Waals surface area contributed by atoms with Crippen molar-refractivity contribution in [2.24, 2.45) is 0 Å². The van der Waals surface area contributed by atoms with Crippen LogP contribution in [0.4, 0.5) is 0 Å². The summed E-state index contributed by atoms with van der Waals surface area (Å²) in [6, 6.07) is 5.64. The van der Waals surface area contributed by atoms with E-state index in [4.69, 9.17) is 9.40 Å². The number of pyridine rings is 1. The molecule has 4 rings (SSSR count). The summed E-state index contributed by atoms with van der Waals surface area (Å²) in [5, 5.41) is 8.50. The second-order valence-corrected chi connectivity index (χ2v) is 6.49. The van der Waals surface area contributed by atoms with Gasteiger partial charge < -0.3 is 14.6 Å². The first-order valence-electron chi connectivity index (χ1n) is 8.57. The number of carbonyl (C=O) groups is 1. The van der Waals surface area contributed by atoms with Crippen LogP contribution in [-0.2, 0) is 0 Å². The summed E-state index contributed by atoms with van der Waals surface area (Å²) < 4.78 is 7.34. The molecule has 0 atom stereocenters. The lowest BCUT2D eigenvalue weighted by molar-refractivity contribution is 0.0738. The Morgan fingerprint density at radius 2 is 2.12 bits per heavy atom. The number of furan rings is 1. The highest BCUT2D eigenvalue weighted by molar-refractivity contribution is 6.06. The average Bonchev–Trinajstić information content (AvgIpc) is 3.30. The molecule has 130 valence electrons. The van der Waals surface area contributed by atoms with Gasteiger partial charge in [0.15, 0.2) is 11.4 Å². The molecule has 1 N–H and O–H groups in total. The second-order valence-electron chi connectivity index (χ2n) is 6.49. The first-order valence-corrected chi connectivity index (χ1v) is 8.57. The van der Waals surface area contributed by atoms with Crippen LogP contribution >= 0.6 is 0 Å². The SMILES string of the molecule is CC(C)n1ncc2c(C(=O)N3CCNCC3)cc(-c3ccco3)nc21. The van der Waals surface area contributed by atoms with E-state index in [9.17, 15) is 4.79 Å². The van der Waals surface area contributed by atoms with Crippen LogP contribution in [0.1, 0.15) is 30.2 Å². The highest BCUT2D eigenvalue weighted by Crippen LogP contribution is 2.27. The predicted octanol–water partition coefficient (Wildman–Crippen LogP) is 2.32. The number of carbonyl (C=O) groups excluding carboxylic acids is 1. The van der Waals surface area contributed by atoms with Crippen molar-refractivity contribution in [2.45, 2.75) is 19.9 Å². The highest BCUT2D eigenvalue weighted by atomic mass is 16.3. The van der Waals surface area contributed by atoms with Crippen LogP contribution in [0.15, 0.2) is 35.1 Å². The van der Waals surface area contributed by atoms with Crippen LogP contribution in [0.3, 0.4) is 0 Å². The fraction of sp³-hybridized carbons (Fsp3) is 0.389. The molecule has 1 saturated heterocycles. The summed E-state index contributed by atoms with van der Waals surface area (Å²) >= 11 is 0. The molecule has 7 nitrogen and oxygen atoms in total. The van der Waals surface area contributed by atoms with Crippen LogP contribution in [0.5, 0.6) is 0 Å². The van der Waals surface area contributed by atoms with E-state index in [0.717, 1.165) is 18.5 Å². The zero-order valence-corrected chi connectivity index (χ0v) is 14.4. The molecule has 7 heteroatoms. The molecule has 1 fully saturated rings. The average molecular weight is 339 g/mol. The van der Waals surface area contributed by atoms with E-state index in [1.807, 2.05) is 41.6 Å². The van der Waals surface area contributed by atoms with Gasteiger partial charge in [-0.05, 0) is 32.0 Å². The molecule has 0 radical (unpaired) electrons. The van der Waals surface area contributed by atoms with Gasteiger partial charge in [-0.15, -0.1) is 0 Å². The van der Waals surface area contributed by atoms with E-state index in [-0.39, 0.29) is 11.9 Å². The summed E-state index contributed by atoms with van der Waals surface area (Å²) in [6.07, 6.45) is 3.35. The first kappa shape index (κ1) is 15.8. The number of rotatable bonds is 3. The lowest BCUT2D eigenvalue weighted by Gasteiger charge is -2.27. The molecule has 1 amide bonds. The van der Waals surface area contributed by atoms with Gasteiger partial charge in [-0.1, -0.05) is 0 Å². The van der Waals surface area contributed by atoms with Crippen molar-refractivity contribution >= 4 is 16.9 Å². The van der Waals surface area contributed by atoms with Crippen molar-refractivity contribution in [1.29, 1.82) is 0 Å². The van der Waals surface area contributed by atoms with Gasteiger partial charge in [-0.2, -0.15) is 5.10 Å². The normalized spacial score (nSPS) is 15.2. The maximum Gasteiger partial charge on any atom is 0.254 e. The molecule has 1 aliphatic rings. The Labute approximate surface area is 145 Å². The van der Waals surface area contributed by atoms with Gasteiger partial charge >= 0.3 is 0 Å². The maximum absolute atomic E-state index is 13.1. The lowest BCUT2D eigenvalue weighted by atomic mass is 10.1. The molecule has 3 aromatic heterocycles. The quantitative estimate of drug-likeness (QED) is 0.792. The van der Waals surface area contributed by atoms with E-state index >= 15 is 0 Å². The Hall–Kier alpha value is -2.67. The Bertz CT molecular complexity index is 892. The van der Waals surface area contributed by atoms with Gasteiger partial charge in [0.25, 0.3) is 5.91 Å². The molecule has 4 heterocycles. The van der Waals surface area contributed by atoms with E-state index in [1.54, 1.807) is 12.5 Å². The third kappa shape index (κ3) is 2.80. The molecule has 0 bridgehead atoms. The van der Waals surface area contributed by atoms with Crippen LogP contribution in [0.25, 0.3) is 22.5 Å². The van der Waals surface area contributed by atoms with E-state index in [0.29, 0.717) is 35.8 Å². The second kappa shape index (κ2) is 6.33. The fourth-order valence-corrected chi connectivity index (χ4v) is 3.16. The minimum absolute atomic E-state index is 0.0185. The number of hydrogen-bond acceptors (Lipinski definition) is 5. The van der Waals surface area contributed by atoms with Gasteiger partial charge in [-0.3, -0.25) is 4.79 Å². The number of amides is 1. The van der Waals surface area contributed by atoms with Crippen LogP contribution in [0, 0.1) is 0 Å². The van der Waals surface area contributed by atoms with Crippen LogP contribution in [0.2, 0.25) is 0 Å². The molecule has 3 aromatic rings. The Balaban J connectivity index is 1.88. The standard InChI is InChI=1S/C18H21N5O2/c1-12(2)23-17-14(11-20-23)13(18(24)22-7-5-19-6-8-22)10-15(21-17)16-4-3-9-25-16/h3-4,9-12,19H,5-8H2,1-2H3. The molecule has 25 heavy (non-hydrogen) atoms. The summed E-state index contributed by atoms with van der Waals surface area (Å²) in [6.45, 7) is 7.14. The molecular weight excluding hydrogens is 318 g/mol. The molecule has 1 aliphatic heterocycles. The predicted molar refractivity (Wildman–Crippen MR) is 94.4 cm³/mol. The third-order valence-corrected chi connectivity index (χ3v) is 4.46. The zero-order chi connectivity index (χ0) is 17.4. The van der Waals surface area contributed by atoms with Crippen LogP contribution < -0.4 is 5.32 Å². The van der Waals surface area contributed by atoms with Gasteiger partial charge in [-0.25, -0.2) is 9.67 Å².